The predicted octanol–water partition coefficient (Wildman–Crippen LogP) is 5.61. The van der Waals surface area contributed by atoms with Crippen LogP contribution in [0.25, 0.3) is 21.5 Å². The molecule has 4 nitrogen and oxygen atoms in total. The van der Waals surface area contributed by atoms with Crippen LogP contribution in [0.3, 0.4) is 0 Å². The Morgan fingerprint density at radius 1 is 1.10 bits per heavy atom. The van der Waals surface area contributed by atoms with E-state index in [1.54, 1.807) is 23.1 Å². The van der Waals surface area contributed by atoms with Gasteiger partial charge in [0.1, 0.15) is 12.7 Å². The minimum atomic E-state index is -0.0114. The summed E-state index contributed by atoms with van der Waals surface area (Å²) in [6.45, 7) is 1.98. The van der Waals surface area contributed by atoms with Crippen molar-refractivity contribution in [2.75, 3.05) is 19.4 Å². The summed E-state index contributed by atoms with van der Waals surface area (Å²) in [5.41, 5.74) is 3.28. The van der Waals surface area contributed by atoms with Gasteiger partial charge >= 0.3 is 0 Å². The number of benzene rings is 2. The Labute approximate surface area is 184 Å². The van der Waals surface area contributed by atoms with Gasteiger partial charge in [0.05, 0.1) is 16.1 Å². The zero-order valence-electron chi connectivity index (χ0n) is 16.6. The van der Waals surface area contributed by atoms with Crippen molar-refractivity contribution in [3.8, 4) is 22.1 Å². The molecule has 0 bridgehead atoms. The first-order chi connectivity index (χ1) is 14.8. The van der Waals surface area contributed by atoms with E-state index in [-0.39, 0.29) is 6.10 Å². The van der Waals surface area contributed by atoms with Crippen LogP contribution in [-0.2, 0) is 6.54 Å². The zero-order valence-corrected chi connectivity index (χ0v) is 18.3. The molecule has 0 radical (unpaired) electrons. The van der Waals surface area contributed by atoms with E-state index in [0.29, 0.717) is 13.2 Å². The Bertz CT molecular complexity index is 1160. The van der Waals surface area contributed by atoms with Crippen LogP contribution < -0.4 is 14.8 Å². The first-order valence-corrected chi connectivity index (χ1v) is 12.0. The van der Waals surface area contributed by atoms with Crippen LogP contribution >= 0.6 is 23.1 Å². The minimum Gasteiger partial charge on any atom is -0.486 e. The number of nitrogens with zero attached hydrogens (tertiary/aromatic N) is 1. The summed E-state index contributed by atoms with van der Waals surface area (Å²) in [5, 5.41) is 6.81. The highest BCUT2D eigenvalue weighted by molar-refractivity contribution is 7.98. The molecule has 0 saturated heterocycles. The highest BCUT2D eigenvalue weighted by Crippen LogP contribution is 2.32. The summed E-state index contributed by atoms with van der Waals surface area (Å²) in [4.78, 5) is 7.44. The van der Waals surface area contributed by atoms with Crippen LogP contribution in [0.15, 0.2) is 70.9 Å². The fraction of sp³-hybridized carbons (Fsp3) is 0.208. The number of nitrogens with one attached hydrogen (secondary N) is 1. The van der Waals surface area contributed by atoms with Gasteiger partial charge in [-0.25, -0.2) is 4.98 Å². The number of fused-ring (bicyclic) bond motifs is 2. The maximum Gasteiger partial charge on any atom is 0.161 e. The molecule has 1 N–H and O–H groups in total. The van der Waals surface area contributed by atoms with Crippen molar-refractivity contribution >= 4 is 34.0 Å². The monoisotopic (exact) mass is 434 g/mol. The van der Waals surface area contributed by atoms with Gasteiger partial charge in [-0.05, 0) is 53.6 Å². The van der Waals surface area contributed by atoms with Gasteiger partial charge in [-0.3, -0.25) is 0 Å². The molecule has 5 rings (SSSR count). The van der Waals surface area contributed by atoms with Gasteiger partial charge in [-0.1, -0.05) is 24.3 Å². The first-order valence-electron chi connectivity index (χ1n) is 9.91. The lowest BCUT2D eigenvalue weighted by Gasteiger charge is -2.26. The van der Waals surface area contributed by atoms with Gasteiger partial charge in [0.25, 0.3) is 0 Å². The number of thioether (sulfide) groups is 1. The Kier molecular flexibility index (Phi) is 5.62. The molecule has 1 aliphatic heterocycles. The van der Waals surface area contributed by atoms with Crippen molar-refractivity contribution < 1.29 is 9.47 Å². The van der Waals surface area contributed by atoms with Crippen LogP contribution in [-0.4, -0.2) is 30.5 Å². The summed E-state index contributed by atoms with van der Waals surface area (Å²) < 4.78 is 11.9. The number of ether oxygens (including phenoxy) is 2. The van der Waals surface area contributed by atoms with E-state index in [9.17, 15) is 0 Å². The molecule has 30 heavy (non-hydrogen) atoms. The number of para-hydroxylation sites is 2. The molecule has 1 aliphatic rings. The highest BCUT2D eigenvalue weighted by Gasteiger charge is 2.20. The molecule has 1 unspecified atom stereocenters. The Balaban J connectivity index is 1.35. The quantitative estimate of drug-likeness (QED) is 0.399. The minimum absolute atomic E-state index is 0.0114. The molecule has 152 valence electrons. The van der Waals surface area contributed by atoms with E-state index in [0.717, 1.165) is 34.6 Å². The van der Waals surface area contributed by atoms with Crippen LogP contribution in [0.5, 0.6) is 11.5 Å². The highest BCUT2D eigenvalue weighted by atomic mass is 32.2. The van der Waals surface area contributed by atoms with E-state index >= 15 is 0 Å². The van der Waals surface area contributed by atoms with Gasteiger partial charge in [0.15, 0.2) is 11.5 Å². The lowest BCUT2D eigenvalue weighted by atomic mass is 10.1. The summed E-state index contributed by atoms with van der Waals surface area (Å²) in [6, 6.07) is 20.8. The second-order valence-corrected chi connectivity index (χ2v) is 8.99. The predicted molar refractivity (Wildman–Crippen MR) is 125 cm³/mol. The van der Waals surface area contributed by atoms with Gasteiger partial charge < -0.3 is 14.8 Å². The normalized spacial score (nSPS) is 15.4. The molecule has 1 atom stereocenters. The summed E-state index contributed by atoms with van der Waals surface area (Å²) >= 11 is 3.46. The number of rotatable bonds is 6. The van der Waals surface area contributed by atoms with Crippen molar-refractivity contribution in [1.82, 2.24) is 10.3 Å². The largest absolute Gasteiger partial charge is 0.486 e. The van der Waals surface area contributed by atoms with Crippen LogP contribution in [0.4, 0.5) is 0 Å². The molecule has 6 heteroatoms. The molecule has 0 fully saturated rings. The topological polar surface area (TPSA) is 43.4 Å². The average molecular weight is 435 g/mol. The lowest BCUT2D eigenvalue weighted by Crippen LogP contribution is -2.38. The maximum absolute atomic E-state index is 6.06. The molecular weight excluding hydrogens is 412 g/mol. The third kappa shape index (κ3) is 4.03. The van der Waals surface area contributed by atoms with Crippen LogP contribution in [0, 0.1) is 0 Å². The maximum atomic E-state index is 6.06. The SMILES string of the molecule is CSc1ccc2cc(CNCC3COc4ccccc4O3)c(-c3cccs3)nc2c1. The average Bonchev–Trinajstić information content (AvgIpc) is 3.33. The third-order valence-electron chi connectivity index (χ3n) is 5.11. The smallest absolute Gasteiger partial charge is 0.161 e. The number of aromatic nitrogens is 1. The van der Waals surface area contributed by atoms with E-state index in [4.69, 9.17) is 14.5 Å². The van der Waals surface area contributed by atoms with E-state index in [1.165, 1.54) is 15.3 Å². The zero-order chi connectivity index (χ0) is 20.3. The number of hydrogen-bond donors (Lipinski definition) is 1. The second-order valence-electron chi connectivity index (χ2n) is 7.16. The standard InChI is InChI=1S/C24H22N2O2S2/c1-29-19-9-8-16-11-17(24(26-20(16)12-19)23-7-4-10-30-23)13-25-14-18-15-27-21-5-2-3-6-22(21)28-18/h2-12,18,25H,13-15H2,1H3. The van der Waals surface area contributed by atoms with Crippen molar-refractivity contribution in [1.29, 1.82) is 0 Å². The number of hydrogen-bond acceptors (Lipinski definition) is 6. The Hall–Kier alpha value is -2.54. The van der Waals surface area contributed by atoms with Gasteiger partial charge in [-0.2, -0.15) is 0 Å². The van der Waals surface area contributed by atoms with Crippen molar-refractivity contribution in [2.45, 2.75) is 17.5 Å². The van der Waals surface area contributed by atoms with E-state index < -0.39 is 0 Å². The molecule has 3 heterocycles. The Morgan fingerprint density at radius 3 is 2.83 bits per heavy atom. The molecule has 0 saturated carbocycles. The van der Waals surface area contributed by atoms with Crippen molar-refractivity contribution in [2.24, 2.45) is 0 Å². The van der Waals surface area contributed by atoms with E-state index in [1.807, 2.05) is 24.3 Å². The third-order valence-corrected chi connectivity index (χ3v) is 6.72. The summed E-state index contributed by atoms with van der Waals surface area (Å²) in [7, 11) is 0. The van der Waals surface area contributed by atoms with Crippen LogP contribution in [0.1, 0.15) is 5.56 Å². The second kappa shape index (κ2) is 8.68. The fourth-order valence-corrected chi connectivity index (χ4v) is 4.79. The molecular formula is C24H22N2O2S2. The lowest BCUT2D eigenvalue weighted by molar-refractivity contribution is 0.0902. The summed E-state index contributed by atoms with van der Waals surface area (Å²) in [5.74, 6) is 1.63. The van der Waals surface area contributed by atoms with Gasteiger partial charge in [0, 0.05) is 23.4 Å². The molecule has 0 amide bonds. The molecule has 2 aromatic carbocycles. The van der Waals surface area contributed by atoms with Gasteiger partial charge in [0.2, 0.25) is 0 Å². The van der Waals surface area contributed by atoms with Crippen molar-refractivity contribution in [3.05, 3.63) is 71.6 Å². The fourth-order valence-electron chi connectivity index (χ4n) is 3.61. The molecule has 2 aromatic heterocycles. The first kappa shape index (κ1) is 19.4. The Morgan fingerprint density at radius 2 is 2.00 bits per heavy atom. The van der Waals surface area contributed by atoms with Gasteiger partial charge in [-0.15, -0.1) is 23.1 Å². The molecule has 0 spiro atoms. The number of pyridine rings is 1. The molecule has 4 aromatic rings. The summed E-state index contributed by atoms with van der Waals surface area (Å²) in [6.07, 6.45) is 2.08. The molecule has 0 aliphatic carbocycles. The van der Waals surface area contributed by atoms with E-state index in [2.05, 4.69) is 53.4 Å². The van der Waals surface area contributed by atoms with Crippen LogP contribution in [0.2, 0.25) is 0 Å². The van der Waals surface area contributed by atoms with Crippen molar-refractivity contribution in [3.63, 3.8) is 0 Å². The number of thiophene rings is 1.